The van der Waals surface area contributed by atoms with Crippen molar-refractivity contribution in [2.24, 2.45) is 0 Å². The maximum Gasteiger partial charge on any atom is 0.275 e. The second kappa shape index (κ2) is 7.71. The standard InChI is InChI=1S/C16H15BrClN5O2/c1-2-23-15(14(17)8-20-23)16(24)21-12-7-19-22(9-12)10-25-13-5-3-4-11(18)6-13/h3-9H,2,10H2,1H3,(H,21,24). The molecule has 0 fully saturated rings. The van der Waals surface area contributed by atoms with Crippen LogP contribution in [0.15, 0.2) is 47.3 Å². The van der Waals surface area contributed by atoms with Crippen LogP contribution >= 0.6 is 27.5 Å². The average molecular weight is 425 g/mol. The predicted octanol–water partition coefficient (Wildman–Crippen LogP) is 3.80. The van der Waals surface area contributed by atoms with E-state index >= 15 is 0 Å². The van der Waals surface area contributed by atoms with Gasteiger partial charge in [-0.15, -0.1) is 0 Å². The summed E-state index contributed by atoms with van der Waals surface area (Å²) in [5.41, 5.74) is 1.03. The summed E-state index contributed by atoms with van der Waals surface area (Å²) >= 11 is 9.25. The number of aryl methyl sites for hydroxylation is 1. The van der Waals surface area contributed by atoms with Crippen molar-refractivity contribution < 1.29 is 9.53 Å². The molecule has 1 N–H and O–H groups in total. The number of hydrogen-bond donors (Lipinski definition) is 1. The zero-order valence-electron chi connectivity index (χ0n) is 13.3. The van der Waals surface area contributed by atoms with E-state index in [1.54, 1.807) is 46.2 Å². The van der Waals surface area contributed by atoms with Crippen LogP contribution in [0.4, 0.5) is 5.69 Å². The lowest BCUT2D eigenvalue weighted by Gasteiger charge is -2.07. The van der Waals surface area contributed by atoms with E-state index < -0.39 is 0 Å². The van der Waals surface area contributed by atoms with Crippen molar-refractivity contribution in [3.05, 3.63) is 58.0 Å². The Morgan fingerprint density at radius 1 is 1.36 bits per heavy atom. The van der Waals surface area contributed by atoms with Gasteiger partial charge in [0.25, 0.3) is 5.91 Å². The zero-order chi connectivity index (χ0) is 17.8. The molecule has 1 amide bonds. The molecule has 0 unspecified atom stereocenters. The van der Waals surface area contributed by atoms with Crippen molar-refractivity contribution in [3.63, 3.8) is 0 Å². The highest BCUT2D eigenvalue weighted by Gasteiger charge is 2.17. The Kier molecular flexibility index (Phi) is 5.40. The van der Waals surface area contributed by atoms with Crippen molar-refractivity contribution in [2.45, 2.75) is 20.2 Å². The molecule has 0 saturated carbocycles. The third kappa shape index (κ3) is 4.21. The Morgan fingerprint density at radius 2 is 2.20 bits per heavy atom. The summed E-state index contributed by atoms with van der Waals surface area (Å²) in [5.74, 6) is 0.380. The summed E-state index contributed by atoms with van der Waals surface area (Å²) in [6.45, 7) is 2.72. The van der Waals surface area contributed by atoms with Crippen molar-refractivity contribution in [3.8, 4) is 5.75 Å². The Labute approximate surface area is 157 Å². The number of amides is 1. The van der Waals surface area contributed by atoms with Crippen molar-refractivity contribution in [2.75, 3.05) is 5.32 Å². The number of rotatable bonds is 6. The monoisotopic (exact) mass is 423 g/mol. The summed E-state index contributed by atoms with van der Waals surface area (Å²) in [4.78, 5) is 12.4. The van der Waals surface area contributed by atoms with Gasteiger partial charge in [-0.25, -0.2) is 4.68 Å². The SMILES string of the molecule is CCn1ncc(Br)c1C(=O)Nc1cnn(COc2cccc(Cl)c2)c1. The number of aromatic nitrogens is 4. The molecule has 0 radical (unpaired) electrons. The van der Waals surface area contributed by atoms with Crippen LogP contribution in [0, 0.1) is 0 Å². The van der Waals surface area contributed by atoms with E-state index in [0.29, 0.717) is 33.2 Å². The highest BCUT2D eigenvalue weighted by molar-refractivity contribution is 9.10. The molecule has 3 aromatic rings. The molecule has 3 rings (SSSR count). The number of ether oxygens (including phenoxy) is 1. The molecule has 0 bridgehead atoms. The third-order valence-corrected chi connectivity index (χ3v) is 4.18. The molecule has 0 spiro atoms. The van der Waals surface area contributed by atoms with Gasteiger partial charge in [0, 0.05) is 11.6 Å². The average Bonchev–Trinajstić information content (AvgIpc) is 3.19. The number of carbonyl (C=O) groups is 1. The molecule has 1 aromatic carbocycles. The van der Waals surface area contributed by atoms with Crippen molar-refractivity contribution in [1.82, 2.24) is 19.6 Å². The van der Waals surface area contributed by atoms with Gasteiger partial charge < -0.3 is 10.1 Å². The fourth-order valence-corrected chi connectivity index (χ4v) is 2.87. The molecule has 0 aliphatic rings. The number of nitrogens with zero attached hydrogens (tertiary/aromatic N) is 4. The summed E-state index contributed by atoms with van der Waals surface area (Å²) in [7, 11) is 0. The van der Waals surface area contributed by atoms with Crippen LogP contribution in [0.5, 0.6) is 5.75 Å². The van der Waals surface area contributed by atoms with Gasteiger partial charge in [-0.3, -0.25) is 9.48 Å². The predicted molar refractivity (Wildman–Crippen MR) is 97.9 cm³/mol. The lowest BCUT2D eigenvalue weighted by Crippen LogP contribution is -2.17. The highest BCUT2D eigenvalue weighted by Crippen LogP contribution is 2.19. The number of carbonyl (C=O) groups excluding carboxylic acids is 1. The second-order valence-corrected chi connectivity index (χ2v) is 6.40. The summed E-state index contributed by atoms with van der Waals surface area (Å²) in [6, 6.07) is 7.11. The minimum atomic E-state index is -0.262. The maximum atomic E-state index is 12.4. The summed E-state index contributed by atoms with van der Waals surface area (Å²) in [6.07, 6.45) is 4.84. The second-order valence-electron chi connectivity index (χ2n) is 5.11. The van der Waals surface area contributed by atoms with Crippen molar-refractivity contribution in [1.29, 1.82) is 0 Å². The summed E-state index contributed by atoms with van der Waals surface area (Å²) in [5, 5.41) is 11.7. The molecule has 25 heavy (non-hydrogen) atoms. The minimum Gasteiger partial charge on any atom is -0.471 e. The molecule has 0 atom stereocenters. The molecule has 0 aliphatic heterocycles. The van der Waals surface area contributed by atoms with E-state index in [1.807, 2.05) is 13.0 Å². The fraction of sp³-hybridized carbons (Fsp3) is 0.188. The van der Waals surface area contributed by atoms with Crippen LogP contribution in [0.25, 0.3) is 0 Å². The lowest BCUT2D eigenvalue weighted by molar-refractivity contribution is 0.101. The van der Waals surface area contributed by atoms with Gasteiger partial charge in [-0.1, -0.05) is 17.7 Å². The fourth-order valence-electron chi connectivity index (χ4n) is 2.21. The maximum absolute atomic E-state index is 12.4. The quantitative estimate of drug-likeness (QED) is 0.653. The zero-order valence-corrected chi connectivity index (χ0v) is 15.7. The Hall–Kier alpha value is -2.32. The molecule has 130 valence electrons. The highest BCUT2D eigenvalue weighted by atomic mass is 79.9. The lowest BCUT2D eigenvalue weighted by atomic mass is 10.3. The Balaban J connectivity index is 1.63. The minimum absolute atomic E-state index is 0.201. The topological polar surface area (TPSA) is 74.0 Å². The molecule has 2 heterocycles. The van der Waals surface area contributed by atoms with Gasteiger partial charge in [0.2, 0.25) is 0 Å². The van der Waals surface area contributed by atoms with Crippen molar-refractivity contribution >= 4 is 39.1 Å². The van der Waals surface area contributed by atoms with E-state index in [1.165, 1.54) is 0 Å². The smallest absolute Gasteiger partial charge is 0.275 e. The largest absolute Gasteiger partial charge is 0.471 e. The van der Waals surface area contributed by atoms with Crippen LogP contribution in [0.2, 0.25) is 5.02 Å². The van der Waals surface area contributed by atoms with E-state index in [2.05, 4.69) is 31.4 Å². The van der Waals surface area contributed by atoms with E-state index in [-0.39, 0.29) is 12.6 Å². The molecular weight excluding hydrogens is 410 g/mol. The molecule has 9 heteroatoms. The molecule has 2 aromatic heterocycles. The number of hydrogen-bond acceptors (Lipinski definition) is 4. The summed E-state index contributed by atoms with van der Waals surface area (Å²) < 4.78 is 9.43. The first-order valence-electron chi connectivity index (χ1n) is 7.50. The van der Waals surface area contributed by atoms with E-state index in [9.17, 15) is 4.79 Å². The van der Waals surface area contributed by atoms with Crippen LogP contribution in [-0.2, 0) is 13.3 Å². The van der Waals surface area contributed by atoms with E-state index in [4.69, 9.17) is 16.3 Å². The molecule has 0 saturated heterocycles. The van der Waals surface area contributed by atoms with Gasteiger partial charge in [0.15, 0.2) is 6.73 Å². The molecular formula is C16H15BrClN5O2. The van der Waals surface area contributed by atoms with Gasteiger partial charge in [-0.05, 0) is 41.1 Å². The normalized spacial score (nSPS) is 10.7. The first kappa shape index (κ1) is 17.5. The number of halogens is 2. The van der Waals surface area contributed by atoms with Crippen LogP contribution < -0.4 is 10.1 Å². The Morgan fingerprint density at radius 3 is 2.96 bits per heavy atom. The first-order chi connectivity index (χ1) is 12.1. The third-order valence-electron chi connectivity index (χ3n) is 3.36. The molecule has 0 aliphatic carbocycles. The van der Waals surface area contributed by atoms with Gasteiger partial charge in [0.05, 0.1) is 28.8 Å². The van der Waals surface area contributed by atoms with Gasteiger partial charge >= 0.3 is 0 Å². The van der Waals surface area contributed by atoms with Crippen LogP contribution in [-0.4, -0.2) is 25.5 Å². The Bertz CT molecular complexity index is 892. The van der Waals surface area contributed by atoms with Gasteiger partial charge in [-0.2, -0.15) is 10.2 Å². The van der Waals surface area contributed by atoms with Crippen LogP contribution in [0.1, 0.15) is 17.4 Å². The number of nitrogens with one attached hydrogen (secondary N) is 1. The number of benzene rings is 1. The van der Waals surface area contributed by atoms with Crippen LogP contribution in [0.3, 0.4) is 0 Å². The number of anilines is 1. The molecule has 7 nitrogen and oxygen atoms in total. The van der Waals surface area contributed by atoms with Gasteiger partial charge in [0.1, 0.15) is 11.4 Å². The van der Waals surface area contributed by atoms with E-state index in [0.717, 1.165) is 0 Å². The first-order valence-corrected chi connectivity index (χ1v) is 8.67.